The second-order valence-electron chi connectivity index (χ2n) is 6.93. The molecule has 2 aromatic rings. The highest BCUT2D eigenvalue weighted by Gasteiger charge is 2.35. The number of hydrogen-bond donors (Lipinski definition) is 3. The van der Waals surface area contributed by atoms with E-state index in [0.717, 1.165) is 5.56 Å². The van der Waals surface area contributed by atoms with E-state index in [0.29, 0.717) is 49.3 Å². The van der Waals surface area contributed by atoms with E-state index < -0.39 is 5.92 Å². The molecular formula is C19H22N6O3. The zero-order valence-corrected chi connectivity index (χ0v) is 15.6. The molecule has 0 bridgehead atoms. The minimum Gasteiger partial charge on any atom is -0.383 e. The zero-order chi connectivity index (χ0) is 19.7. The van der Waals surface area contributed by atoms with Crippen molar-refractivity contribution >= 4 is 35.1 Å². The standard InChI is InChI=1S/C19H22N6O3/c1-11-3-2-4-12(9-11)21-18(27)13-10-14(26)22-17-15(13)16(20)23-19(24-17)25-5-7-28-8-6-25/h2-4,9,13H,5-8,10H2,1H3,(H,21,27)(H3,20,22,23,24,26). The minimum absolute atomic E-state index is 0.00485. The van der Waals surface area contributed by atoms with Gasteiger partial charge in [0.2, 0.25) is 17.8 Å². The largest absolute Gasteiger partial charge is 0.383 e. The van der Waals surface area contributed by atoms with Gasteiger partial charge in [-0.25, -0.2) is 0 Å². The Labute approximate surface area is 162 Å². The van der Waals surface area contributed by atoms with Crippen LogP contribution in [0.15, 0.2) is 24.3 Å². The van der Waals surface area contributed by atoms with Gasteiger partial charge in [-0.15, -0.1) is 0 Å². The highest BCUT2D eigenvalue weighted by atomic mass is 16.5. The average Bonchev–Trinajstić information content (AvgIpc) is 2.67. The molecule has 0 saturated carbocycles. The fourth-order valence-corrected chi connectivity index (χ4v) is 3.46. The van der Waals surface area contributed by atoms with Crippen molar-refractivity contribution in [1.29, 1.82) is 0 Å². The summed E-state index contributed by atoms with van der Waals surface area (Å²) in [4.78, 5) is 35.9. The van der Waals surface area contributed by atoms with Crippen LogP contribution in [-0.2, 0) is 14.3 Å². The van der Waals surface area contributed by atoms with Crippen LogP contribution in [0, 0.1) is 6.92 Å². The number of hydrogen-bond acceptors (Lipinski definition) is 7. The Balaban J connectivity index is 1.64. The van der Waals surface area contributed by atoms with Crippen molar-refractivity contribution in [1.82, 2.24) is 9.97 Å². The number of ether oxygens (including phenoxy) is 1. The van der Waals surface area contributed by atoms with E-state index in [-0.39, 0.29) is 24.1 Å². The minimum atomic E-state index is -0.747. The molecule has 4 N–H and O–H groups in total. The summed E-state index contributed by atoms with van der Waals surface area (Å²) in [6, 6.07) is 7.47. The molecular weight excluding hydrogens is 360 g/mol. The van der Waals surface area contributed by atoms with Crippen LogP contribution in [0.5, 0.6) is 0 Å². The van der Waals surface area contributed by atoms with Crippen LogP contribution in [0.2, 0.25) is 0 Å². The number of rotatable bonds is 3. The molecule has 1 saturated heterocycles. The lowest BCUT2D eigenvalue weighted by atomic mass is 9.91. The first kappa shape index (κ1) is 18.2. The topological polar surface area (TPSA) is 122 Å². The molecule has 3 heterocycles. The molecule has 0 spiro atoms. The number of carbonyl (C=O) groups excluding carboxylic acids is 2. The van der Waals surface area contributed by atoms with E-state index in [2.05, 4.69) is 20.6 Å². The summed E-state index contributed by atoms with van der Waals surface area (Å²) in [6.07, 6.45) is -0.00485. The summed E-state index contributed by atoms with van der Waals surface area (Å²) >= 11 is 0. The van der Waals surface area contributed by atoms with E-state index >= 15 is 0 Å². The molecule has 4 rings (SSSR count). The summed E-state index contributed by atoms with van der Waals surface area (Å²) < 4.78 is 5.34. The van der Waals surface area contributed by atoms with Crippen molar-refractivity contribution in [2.75, 3.05) is 47.6 Å². The highest BCUT2D eigenvalue weighted by molar-refractivity contribution is 6.05. The molecule has 1 unspecified atom stereocenters. The molecule has 1 aromatic carbocycles. The molecule has 2 aliphatic rings. The predicted octanol–water partition coefficient (Wildman–Crippen LogP) is 1.27. The predicted molar refractivity (Wildman–Crippen MR) is 105 cm³/mol. The maximum absolute atomic E-state index is 12.9. The van der Waals surface area contributed by atoms with Crippen molar-refractivity contribution in [3.63, 3.8) is 0 Å². The van der Waals surface area contributed by atoms with Crippen molar-refractivity contribution in [3.8, 4) is 0 Å². The van der Waals surface area contributed by atoms with Gasteiger partial charge in [-0.2, -0.15) is 9.97 Å². The van der Waals surface area contributed by atoms with Crippen LogP contribution in [0.1, 0.15) is 23.5 Å². The number of nitrogens with two attached hydrogens (primary N) is 1. The van der Waals surface area contributed by atoms with E-state index in [1.54, 1.807) is 6.07 Å². The molecule has 2 amide bonds. The molecule has 0 radical (unpaired) electrons. The molecule has 2 aliphatic heterocycles. The number of aryl methyl sites for hydroxylation is 1. The first-order chi connectivity index (χ1) is 13.5. The first-order valence-electron chi connectivity index (χ1n) is 9.19. The number of anilines is 4. The van der Waals surface area contributed by atoms with Crippen LogP contribution in [0.3, 0.4) is 0 Å². The van der Waals surface area contributed by atoms with Crippen LogP contribution < -0.4 is 21.3 Å². The number of nitrogens with zero attached hydrogens (tertiary/aromatic N) is 3. The van der Waals surface area contributed by atoms with E-state index in [4.69, 9.17) is 10.5 Å². The fraction of sp³-hybridized carbons (Fsp3) is 0.368. The summed E-state index contributed by atoms with van der Waals surface area (Å²) in [7, 11) is 0. The highest BCUT2D eigenvalue weighted by Crippen LogP contribution is 2.36. The smallest absolute Gasteiger partial charge is 0.232 e. The normalized spacial score (nSPS) is 19.0. The number of aromatic nitrogens is 2. The average molecular weight is 382 g/mol. The van der Waals surface area contributed by atoms with Gasteiger partial charge < -0.3 is 26.0 Å². The molecule has 9 heteroatoms. The number of morpholine rings is 1. The third kappa shape index (κ3) is 3.61. The number of carbonyl (C=O) groups is 2. The molecule has 1 atom stereocenters. The molecule has 146 valence electrons. The number of amides is 2. The van der Waals surface area contributed by atoms with Gasteiger partial charge in [0.25, 0.3) is 0 Å². The first-order valence-corrected chi connectivity index (χ1v) is 9.19. The number of nitrogen functional groups attached to an aromatic ring is 1. The summed E-state index contributed by atoms with van der Waals surface area (Å²) in [5, 5.41) is 5.59. The Bertz CT molecular complexity index is 926. The lowest BCUT2D eigenvalue weighted by Gasteiger charge is -2.30. The monoisotopic (exact) mass is 382 g/mol. The van der Waals surface area contributed by atoms with Crippen LogP contribution in [-0.4, -0.2) is 48.1 Å². The van der Waals surface area contributed by atoms with Gasteiger partial charge >= 0.3 is 0 Å². The zero-order valence-electron chi connectivity index (χ0n) is 15.6. The quantitative estimate of drug-likeness (QED) is 0.730. The van der Waals surface area contributed by atoms with Crippen molar-refractivity contribution < 1.29 is 14.3 Å². The molecule has 0 aliphatic carbocycles. The van der Waals surface area contributed by atoms with Crippen LogP contribution in [0.4, 0.5) is 23.3 Å². The second kappa shape index (κ2) is 7.43. The van der Waals surface area contributed by atoms with Gasteiger partial charge in [-0.05, 0) is 24.6 Å². The Hall–Kier alpha value is -3.20. The van der Waals surface area contributed by atoms with E-state index in [9.17, 15) is 9.59 Å². The second-order valence-corrected chi connectivity index (χ2v) is 6.93. The van der Waals surface area contributed by atoms with Crippen LogP contribution >= 0.6 is 0 Å². The summed E-state index contributed by atoms with van der Waals surface area (Å²) in [5.74, 6) is -0.396. The number of fused-ring (bicyclic) bond motifs is 1. The maximum atomic E-state index is 12.9. The fourth-order valence-electron chi connectivity index (χ4n) is 3.46. The van der Waals surface area contributed by atoms with E-state index in [1.807, 2.05) is 30.0 Å². The lowest BCUT2D eigenvalue weighted by molar-refractivity contribution is -0.123. The lowest BCUT2D eigenvalue weighted by Crippen LogP contribution is -2.38. The maximum Gasteiger partial charge on any atom is 0.232 e. The summed E-state index contributed by atoms with van der Waals surface area (Å²) in [6.45, 7) is 4.38. The Morgan fingerprint density at radius 1 is 1.32 bits per heavy atom. The van der Waals surface area contributed by atoms with Gasteiger partial charge in [0.05, 0.1) is 24.7 Å². The van der Waals surface area contributed by atoms with Crippen molar-refractivity contribution in [3.05, 3.63) is 35.4 Å². The molecule has 1 aromatic heterocycles. The van der Waals surface area contributed by atoms with Gasteiger partial charge in [-0.3, -0.25) is 9.59 Å². The van der Waals surface area contributed by atoms with Gasteiger partial charge in [0.15, 0.2) is 0 Å². The molecule has 1 fully saturated rings. The van der Waals surface area contributed by atoms with Crippen molar-refractivity contribution in [2.45, 2.75) is 19.3 Å². The number of nitrogens with one attached hydrogen (secondary N) is 2. The van der Waals surface area contributed by atoms with Gasteiger partial charge in [0, 0.05) is 25.2 Å². The Morgan fingerprint density at radius 2 is 2.11 bits per heavy atom. The molecule has 9 nitrogen and oxygen atoms in total. The Morgan fingerprint density at radius 3 is 2.86 bits per heavy atom. The van der Waals surface area contributed by atoms with Gasteiger partial charge in [-0.1, -0.05) is 12.1 Å². The third-order valence-corrected chi connectivity index (χ3v) is 4.86. The SMILES string of the molecule is Cc1cccc(NC(=O)C2CC(=O)Nc3nc(N4CCOCC4)nc(N)c32)c1. The Kier molecular flexibility index (Phi) is 4.82. The van der Waals surface area contributed by atoms with Crippen LogP contribution in [0.25, 0.3) is 0 Å². The third-order valence-electron chi connectivity index (χ3n) is 4.86. The van der Waals surface area contributed by atoms with Crippen molar-refractivity contribution in [2.24, 2.45) is 0 Å². The summed E-state index contributed by atoms with van der Waals surface area (Å²) in [5.41, 5.74) is 8.35. The number of benzene rings is 1. The van der Waals surface area contributed by atoms with Gasteiger partial charge in [0.1, 0.15) is 11.6 Å². The van der Waals surface area contributed by atoms with E-state index in [1.165, 1.54) is 0 Å². The molecule has 28 heavy (non-hydrogen) atoms.